The van der Waals surface area contributed by atoms with Gasteiger partial charge in [0.15, 0.2) is 0 Å². The number of esters is 2. The van der Waals surface area contributed by atoms with Crippen LogP contribution in [0, 0.1) is 22.7 Å². The van der Waals surface area contributed by atoms with Crippen molar-refractivity contribution in [2.45, 2.75) is 75.9 Å². The minimum atomic E-state index is -1.32. The van der Waals surface area contributed by atoms with Crippen LogP contribution in [0.15, 0.2) is 24.3 Å². The van der Waals surface area contributed by atoms with E-state index in [9.17, 15) is 30.0 Å². The Hall–Kier alpha value is -1.82. The van der Waals surface area contributed by atoms with Gasteiger partial charge in [-0.2, -0.15) is 0 Å². The molecular weight excluding hydrogens is 424 g/mol. The molecule has 4 saturated heterocycles. The lowest BCUT2D eigenvalue weighted by molar-refractivity contribution is -0.254. The molecule has 0 unspecified atom stereocenters. The maximum Gasteiger partial charge on any atom is 0.320 e. The fourth-order valence-electron chi connectivity index (χ4n) is 6.34. The molecule has 2 spiro atoms. The number of aliphatic hydroxyl groups excluding tert-OH is 4. The Kier molecular flexibility index (Phi) is 4.40. The van der Waals surface area contributed by atoms with Crippen molar-refractivity contribution in [2.75, 3.05) is 0 Å². The Morgan fingerprint density at radius 1 is 0.688 bits per heavy atom. The second kappa shape index (κ2) is 6.40. The minimum Gasteiger partial charge on any atom is -0.430 e. The number of fused-ring (bicyclic) bond motifs is 2. The average Bonchev–Trinajstić information content (AvgIpc) is 3.26. The van der Waals surface area contributed by atoms with Crippen LogP contribution in [0.3, 0.4) is 0 Å². The summed E-state index contributed by atoms with van der Waals surface area (Å²) >= 11 is 0. The van der Waals surface area contributed by atoms with Crippen molar-refractivity contribution in [1.82, 2.24) is 0 Å². The van der Waals surface area contributed by atoms with Gasteiger partial charge in [-0.15, -0.1) is 0 Å². The molecule has 2 aliphatic carbocycles. The summed E-state index contributed by atoms with van der Waals surface area (Å²) in [5.74, 6) is -4.02. The van der Waals surface area contributed by atoms with Crippen LogP contribution in [-0.2, 0) is 28.5 Å². The van der Waals surface area contributed by atoms with Crippen molar-refractivity contribution < 1.29 is 49.0 Å². The fraction of sp³-hybridized carbons (Fsp3) is 0.727. The Labute approximate surface area is 184 Å². The number of rotatable bonds is 0. The van der Waals surface area contributed by atoms with Crippen LogP contribution in [0.25, 0.3) is 0 Å². The molecule has 10 heteroatoms. The highest BCUT2D eigenvalue weighted by Crippen LogP contribution is 2.60. The molecule has 0 radical (unpaired) electrons. The van der Waals surface area contributed by atoms with Crippen LogP contribution in [0.4, 0.5) is 0 Å². The Morgan fingerprint density at radius 2 is 1.03 bits per heavy atom. The van der Waals surface area contributed by atoms with Gasteiger partial charge in [0.05, 0.1) is 12.2 Å². The first kappa shape index (κ1) is 22.0. The molecule has 6 aliphatic rings. The molecule has 4 heterocycles. The standard InChI is InChI=1S/2C11H14O5/c2*1-5-3-4-6(12)7-11(5)8(13)10(2,15-7)16-9(11)14/h2*3-8,12-13H,1-2H3/t2*5-,6+,7-,8+,10+,11+/m11/s1. The van der Waals surface area contributed by atoms with Gasteiger partial charge >= 0.3 is 11.9 Å². The SMILES string of the molecule is C[C@@H]1C=C[C@H](O)[C@H]2O[C@@]3(C)OC(=O)[C@@]12[C@H]3O.C[C@@H]1C=C[C@H](O)[C@H]2O[C@@]3(C)OC(=O)[C@@]12[C@H]3O. The van der Waals surface area contributed by atoms with E-state index in [0.717, 1.165) is 0 Å². The van der Waals surface area contributed by atoms with Gasteiger partial charge in [0.2, 0.25) is 11.6 Å². The number of hydrogen-bond acceptors (Lipinski definition) is 10. The first-order valence-corrected chi connectivity index (χ1v) is 10.8. The summed E-state index contributed by atoms with van der Waals surface area (Å²) in [5, 5.41) is 40.1. The molecular formula is C22H28O10. The summed E-state index contributed by atoms with van der Waals surface area (Å²) in [6.07, 6.45) is 1.41. The molecule has 4 fully saturated rings. The summed E-state index contributed by atoms with van der Waals surface area (Å²) < 4.78 is 21.2. The maximum atomic E-state index is 12.0. The molecule has 0 aromatic rings. The first-order chi connectivity index (χ1) is 14.9. The van der Waals surface area contributed by atoms with Crippen molar-refractivity contribution in [1.29, 1.82) is 0 Å². The predicted molar refractivity (Wildman–Crippen MR) is 104 cm³/mol. The normalized spacial score (nSPS) is 58.6. The third-order valence-electron chi connectivity index (χ3n) is 8.18. The fourth-order valence-corrected chi connectivity index (χ4v) is 6.34. The van der Waals surface area contributed by atoms with Crippen LogP contribution in [0.1, 0.15) is 27.7 Å². The number of allylic oxidation sites excluding steroid dienone is 2. The monoisotopic (exact) mass is 452 g/mol. The second-order valence-corrected chi connectivity index (χ2v) is 9.89. The number of aliphatic hydroxyl groups is 4. The quantitative estimate of drug-likeness (QED) is 0.270. The molecule has 0 amide bonds. The van der Waals surface area contributed by atoms with E-state index in [0.29, 0.717) is 0 Å². The molecule has 0 saturated carbocycles. The molecule has 4 bridgehead atoms. The molecule has 12 atom stereocenters. The van der Waals surface area contributed by atoms with Crippen LogP contribution in [0.2, 0.25) is 0 Å². The average molecular weight is 452 g/mol. The molecule has 0 aromatic heterocycles. The van der Waals surface area contributed by atoms with E-state index in [4.69, 9.17) is 18.9 Å². The van der Waals surface area contributed by atoms with Gasteiger partial charge in [0, 0.05) is 13.8 Å². The van der Waals surface area contributed by atoms with E-state index in [1.54, 1.807) is 24.3 Å². The summed E-state index contributed by atoms with van der Waals surface area (Å²) in [5.41, 5.74) is -2.30. The van der Waals surface area contributed by atoms with E-state index in [1.807, 2.05) is 13.8 Å². The Morgan fingerprint density at radius 3 is 1.31 bits per heavy atom. The summed E-state index contributed by atoms with van der Waals surface area (Å²) in [6, 6.07) is 0. The highest BCUT2D eigenvalue weighted by atomic mass is 16.8. The third kappa shape index (κ3) is 2.25. The van der Waals surface area contributed by atoms with Crippen LogP contribution in [-0.4, -0.2) is 80.6 Å². The largest absolute Gasteiger partial charge is 0.430 e. The maximum absolute atomic E-state index is 12.0. The Balaban J connectivity index is 0.000000135. The smallest absolute Gasteiger partial charge is 0.320 e. The lowest BCUT2D eigenvalue weighted by atomic mass is 9.65. The lowest BCUT2D eigenvalue weighted by Crippen LogP contribution is -2.55. The molecule has 4 aliphatic heterocycles. The highest BCUT2D eigenvalue weighted by Gasteiger charge is 2.78. The minimum absolute atomic E-state index is 0.215. The number of ether oxygens (including phenoxy) is 4. The second-order valence-electron chi connectivity index (χ2n) is 9.89. The first-order valence-electron chi connectivity index (χ1n) is 10.8. The van der Waals surface area contributed by atoms with E-state index >= 15 is 0 Å². The molecule has 176 valence electrons. The van der Waals surface area contributed by atoms with Gasteiger partial charge < -0.3 is 39.4 Å². The van der Waals surface area contributed by atoms with Crippen molar-refractivity contribution in [3.05, 3.63) is 24.3 Å². The summed E-state index contributed by atoms with van der Waals surface area (Å²) in [7, 11) is 0. The van der Waals surface area contributed by atoms with Gasteiger partial charge in [0.1, 0.15) is 35.2 Å². The molecule has 0 aromatic carbocycles. The van der Waals surface area contributed by atoms with Crippen molar-refractivity contribution in [2.24, 2.45) is 22.7 Å². The number of carbonyl (C=O) groups excluding carboxylic acids is 2. The number of carbonyl (C=O) groups is 2. The van der Waals surface area contributed by atoms with E-state index in [1.165, 1.54) is 13.8 Å². The molecule has 10 nitrogen and oxygen atoms in total. The topological polar surface area (TPSA) is 152 Å². The van der Waals surface area contributed by atoms with Crippen molar-refractivity contribution in [3.8, 4) is 0 Å². The van der Waals surface area contributed by atoms with Crippen LogP contribution in [0.5, 0.6) is 0 Å². The van der Waals surface area contributed by atoms with Gasteiger partial charge in [-0.25, -0.2) is 0 Å². The summed E-state index contributed by atoms with van der Waals surface area (Å²) in [4.78, 5) is 23.9. The zero-order chi connectivity index (χ0) is 23.4. The Bertz CT molecular complexity index is 858. The van der Waals surface area contributed by atoms with Crippen molar-refractivity contribution in [3.63, 3.8) is 0 Å². The van der Waals surface area contributed by atoms with Gasteiger partial charge in [-0.3, -0.25) is 9.59 Å². The molecule has 4 N–H and O–H groups in total. The molecule has 6 rings (SSSR count). The van der Waals surface area contributed by atoms with Crippen LogP contribution < -0.4 is 0 Å². The van der Waals surface area contributed by atoms with Crippen LogP contribution >= 0.6 is 0 Å². The highest BCUT2D eigenvalue weighted by molar-refractivity contribution is 5.84. The van der Waals surface area contributed by atoms with E-state index in [2.05, 4.69) is 0 Å². The van der Waals surface area contributed by atoms with Gasteiger partial charge in [0.25, 0.3) is 0 Å². The predicted octanol–water partition coefficient (Wildman–Crippen LogP) is -0.855. The summed E-state index contributed by atoms with van der Waals surface area (Å²) in [6.45, 7) is 6.70. The zero-order valence-corrected chi connectivity index (χ0v) is 18.2. The zero-order valence-electron chi connectivity index (χ0n) is 18.2. The lowest BCUT2D eigenvalue weighted by Gasteiger charge is -2.40. The van der Waals surface area contributed by atoms with Gasteiger partial charge in [-0.1, -0.05) is 38.2 Å². The number of hydrogen-bond donors (Lipinski definition) is 4. The van der Waals surface area contributed by atoms with Gasteiger partial charge in [-0.05, 0) is 11.8 Å². The third-order valence-corrected chi connectivity index (χ3v) is 8.18. The van der Waals surface area contributed by atoms with E-state index in [-0.39, 0.29) is 11.8 Å². The van der Waals surface area contributed by atoms with E-state index < -0.39 is 71.0 Å². The molecule has 32 heavy (non-hydrogen) atoms. The van der Waals surface area contributed by atoms with Crippen molar-refractivity contribution >= 4 is 11.9 Å².